The van der Waals surface area contributed by atoms with Gasteiger partial charge in [0, 0.05) is 24.3 Å². The predicted octanol–water partition coefficient (Wildman–Crippen LogP) is 2.60. The van der Waals surface area contributed by atoms with Gasteiger partial charge in [-0.3, -0.25) is 9.79 Å². The third kappa shape index (κ3) is 3.43. The molecular weight excluding hydrogens is 324 g/mol. The van der Waals surface area contributed by atoms with Crippen molar-refractivity contribution in [2.75, 3.05) is 25.0 Å². The Morgan fingerprint density at radius 3 is 2.85 bits per heavy atom. The van der Waals surface area contributed by atoms with Crippen LogP contribution in [0.2, 0.25) is 0 Å². The molecule has 2 aliphatic rings. The maximum atomic E-state index is 12.5. The van der Waals surface area contributed by atoms with Gasteiger partial charge in [-0.05, 0) is 60.6 Å². The molecule has 0 atom stereocenters. The number of hydrogen-bond donors (Lipinski definition) is 2. The third-order valence-electron chi connectivity index (χ3n) is 5.21. The van der Waals surface area contributed by atoms with E-state index < -0.39 is 0 Å². The second-order valence-corrected chi connectivity index (χ2v) is 6.93. The fraction of sp³-hybridized carbons (Fsp3) is 0.333. The zero-order valence-corrected chi connectivity index (χ0v) is 14.9. The Balaban J connectivity index is 1.33. The summed E-state index contributed by atoms with van der Waals surface area (Å²) in [7, 11) is 0. The number of anilines is 1. The maximum absolute atomic E-state index is 12.5. The molecule has 0 fully saturated rings. The highest BCUT2D eigenvalue weighted by Crippen LogP contribution is 2.24. The van der Waals surface area contributed by atoms with Crippen molar-refractivity contribution in [2.24, 2.45) is 10.7 Å². The summed E-state index contributed by atoms with van der Waals surface area (Å²) in [6, 6.07) is 14.2. The van der Waals surface area contributed by atoms with E-state index in [4.69, 9.17) is 5.73 Å². The van der Waals surface area contributed by atoms with Crippen LogP contribution in [-0.2, 0) is 19.3 Å². The molecule has 3 N–H and O–H groups in total. The molecule has 2 aromatic carbocycles. The van der Waals surface area contributed by atoms with Gasteiger partial charge < -0.3 is 16.0 Å². The maximum Gasteiger partial charge on any atom is 0.254 e. The van der Waals surface area contributed by atoms with Gasteiger partial charge in [0.2, 0.25) is 0 Å². The van der Waals surface area contributed by atoms with Crippen LogP contribution in [0.3, 0.4) is 0 Å². The van der Waals surface area contributed by atoms with Gasteiger partial charge in [0.25, 0.3) is 5.91 Å². The largest absolute Gasteiger partial charge is 0.370 e. The first-order chi connectivity index (χ1) is 12.7. The third-order valence-corrected chi connectivity index (χ3v) is 5.21. The summed E-state index contributed by atoms with van der Waals surface area (Å²) in [6.45, 7) is 1.82. The van der Waals surface area contributed by atoms with Gasteiger partial charge in [-0.2, -0.15) is 0 Å². The number of aryl methyl sites for hydroxylation is 2. The summed E-state index contributed by atoms with van der Waals surface area (Å²) in [5.74, 6) is 0.486. The molecule has 0 unspecified atom stereocenters. The average Bonchev–Trinajstić information content (AvgIpc) is 3.11. The Labute approximate surface area is 153 Å². The predicted molar refractivity (Wildman–Crippen MR) is 105 cm³/mol. The van der Waals surface area contributed by atoms with Crippen molar-refractivity contribution in [3.8, 4) is 0 Å². The van der Waals surface area contributed by atoms with Gasteiger partial charge in [0.15, 0.2) is 5.96 Å². The van der Waals surface area contributed by atoms with Crippen LogP contribution in [0.25, 0.3) is 0 Å². The first kappa shape index (κ1) is 16.6. The SMILES string of the molecule is NC(=NCCN1CCc2ccccc2C1=O)Nc1ccc2c(c1)CCC2. The van der Waals surface area contributed by atoms with Crippen molar-refractivity contribution in [1.82, 2.24) is 4.90 Å². The Morgan fingerprint density at radius 1 is 1.08 bits per heavy atom. The van der Waals surface area contributed by atoms with E-state index in [0.29, 0.717) is 19.0 Å². The van der Waals surface area contributed by atoms with Gasteiger partial charge in [-0.1, -0.05) is 24.3 Å². The van der Waals surface area contributed by atoms with Crippen molar-refractivity contribution in [2.45, 2.75) is 25.7 Å². The molecule has 26 heavy (non-hydrogen) atoms. The van der Waals surface area contributed by atoms with E-state index in [1.54, 1.807) is 0 Å². The van der Waals surface area contributed by atoms with E-state index in [9.17, 15) is 4.79 Å². The van der Waals surface area contributed by atoms with Gasteiger partial charge in [0.05, 0.1) is 6.54 Å². The highest BCUT2D eigenvalue weighted by atomic mass is 16.2. The lowest BCUT2D eigenvalue weighted by Crippen LogP contribution is -2.39. The van der Waals surface area contributed by atoms with E-state index in [2.05, 4.69) is 28.5 Å². The fourth-order valence-electron chi connectivity index (χ4n) is 3.82. The number of carbonyl (C=O) groups excluding carboxylic acids is 1. The number of nitrogens with zero attached hydrogens (tertiary/aromatic N) is 2. The number of guanidine groups is 1. The second kappa shape index (κ2) is 7.20. The molecule has 1 amide bonds. The Hall–Kier alpha value is -2.82. The summed E-state index contributed by atoms with van der Waals surface area (Å²) >= 11 is 0. The van der Waals surface area contributed by atoms with Gasteiger partial charge in [-0.15, -0.1) is 0 Å². The van der Waals surface area contributed by atoms with Crippen molar-refractivity contribution in [3.63, 3.8) is 0 Å². The van der Waals surface area contributed by atoms with Crippen molar-refractivity contribution >= 4 is 17.6 Å². The lowest BCUT2D eigenvalue weighted by atomic mass is 9.99. The molecule has 1 aliphatic heterocycles. The highest BCUT2D eigenvalue weighted by molar-refractivity contribution is 5.96. The lowest BCUT2D eigenvalue weighted by molar-refractivity contribution is 0.0745. The van der Waals surface area contributed by atoms with Crippen molar-refractivity contribution in [3.05, 3.63) is 64.7 Å². The number of fused-ring (bicyclic) bond motifs is 2. The van der Waals surface area contributed by atoms with E-state index in [-0.39, 0.29) is 5.91 Å². The Kier molecular flexibility index (Phi) is 4.61. The van der Waals surface area contributed by atoms with E-state index >= 15 is 0 Å². The van der Waals surface area contributed by atoms with Crippen LogP contribution in [-0.4, -0.2) is 36.4 Å². The highest BCUT2D eigenvalue weighted by Gasteiger charge is 2.23. The summed E-state index contributed by atoms with van der Waals surface area (Å²) in [6.07, 6.45) is 4.44. The topological polar surface area (TPSA) is 70.7 Å². The summed E-state index contributed by atoms with van der Waals surface area (Å²) in [5, 5.41) is 3.16. The van der Waals surface area contributed by atoms with Gasteiger partial charge >= 0.3 is 0 Å². The van der Waals surface area contributed by atoms with E-state index in [0.717, 1.165) is 36.2 Å². The van der Waals surface area contributed by atoms with Crippen LogP contribution in [0.4, 0.5) is 5.69 Å². The van der Waals surface area contributed by atoms with Gasteiger partial charge in [-0.25, -0.2) is 0 Å². The van der Waals surface area contributed by atoms with Crippen LogP contribution >= 0.6 is 0 Å². The van der Waals surface area contributed by atoms with Crippen LogP contribution in [0.15, 0.2) is 47.5 Å². The molecule has 134 valence electrons. The molecule has 5 nitrogen and oxygen atoms in total. The molecular formula is C21H24N4O. The summed E-state index contributed by atoms with van der Waals surface area (Å²) in [5.41, 5.74) is 11.8. The number of benzene rings is 2. The molecule has 0 spiro atoms. The number of hydrogen-bond acceptors (Lipinski definition) is 2. The Morgan fingerprint density at radius 2 is 1.92 bits per heavy atom. The van der Waals surface area contributed by atoms with Crippen LogP contribution in [0.1, 0.15) is 33.5 Å². The zero-order valence-electron chi connectivity index (χ0n) is 14.9. The lowest BCUT2D eigenvalue weighted by Gasteiger charge is -2.28. The average molecular weight is 348 g/mol. The molecule has 5 heteroatoms. The number of nitrogens with one attached hydrogen (secondary N) is 1. The number of amides is 1. The minimum absolute atomic E-state index is 0.0900. The number of carbonyl (C=O) groups is 1. The molecule has 0 saturated carbocycles. The van der Waals surface area contributed by atoms with Crippen LogP contribution in [0, 0.1) is 0 Å². The normalized spacial score (nSPS) is 16.4. The molecule has 0 bridgehead atoms. The molecule has 0 saturated heterocycles. The quantitative estimate of drug-likeness (QED) is 0.659. The van der Waals surface area contributed by atoms with Crippen molar-refractivity contribution in [1.29, 1.82) is 0 Å². The summed E-state index contributed by atoms with van der Waals surface area (Å²) in [4.78, 5) is 18.8. The minimum atomic E-state index is 0.0900. The molecule has 0 aromatic heterocycles. The standard InChI is InChI=1S/C21H24N4O/c22-21(24-18-9-8-15-5-3-6-17(15)14-18)23-11-13-25-12-10-16-4-1-2-7-19(16)20(25)26/h1-2,4,7-9,14H,3,5-6,10-13H2,(H3,22,23,24). The van der Waals surface area contributed by atoms with Crippen LogP contribution < -0.4 is 11.1 Å². The minimum Gasteiger partial charge on any atom is -0.370 e. The first-order valence-corrected chi connectivity index (χ1v) is 9.26. The molecule has 0 radical (unpaired) electrons. The van der Waals surface area contributed by atoms with Crippen molar-refractivity contribution < 1.29 is 4.79 Å². The second-order valence-electron chi connectivity index (χ2n) is 6.93. The van der Waals surface area contributed by atoms with E-state index in [1.807, 2.05) is 29.2 Å². The molecule has 1 heterocycles. The Bertz CT molecular complexity index is 859. The summed E-state index contributed by atoms with van der Waals surface area (Å²) < 4.78 is 0. The zero-order chi connectivity index (χ0) is 17.9. The molecule has 4 rings (SSSR count). The first-order valence-electron chi connectivity index (χ1n) is 9.26. The smallest absolute Gasteiger partial charge is 0.254 e. The monoisotopic (exact) mass is 348 g/mol. The van der Waals surface area contributed by atoms with Crippen LogP contribution in [0.5, 0.6) is 0 Å². The number of nitrogens with two attached hydrogens (primary N) is 1. The number of rotatable bonds is 4. The molecule has 2 aromatic rings. The van der Waals surface area contributed by atoms with Gasteiger partial charge in [0.1, 0.15) is 0 Å². The fourth-order valence-corrected chi connectivity index (χ4v) is 3.82. The van der Waals surface area contributed by atoms with E-state index in [1.165, 1.54) is 24.0 Å². The molecule has 1 aliphatic carbocycles. The number of aliphatic imine (C=N–C) groups is 1.